The summed E-state index contributed by atoms with van der Waals surface area (Å²) in [7, 11) is 4.11. The second-order valence-electron chi connectivity index (χ2n) is 5.12. The Morgan fingerprint density at radius 1 is 1.35 bits per heavy atom. The Balaban J connectivity index is 2.31. The molecular weight excluding hydrogens is 217 g/mol. The fourth-order valence-electron chi connectivity index (χ4n) is 2.93. The van der Waals surface area contributed by atoms with Gasteiger partial charge in [-0.2, -0.15) is 0 Å². The highest BCUT2D eigenvalue weighted by Crippen LogP contribution is 2.41. The zero-order valence-corrected chi connectivity index (χ0v) is 10.5. The number of rotatable bonds is 3. The molecule has 0 aromatic carbocycles. The van der Waals surface area contributed by atoms with E-state index in [1.165, 1.54) is 25.1 Å². The third kappa shape index (κ3) is 2.19. The van der Waals surface area contributed by atoms with E-state index in [-0.39, 0.29) is 17.4 Å². The zero-order chi connectivity index (χ0) is 12.5. The predicted molar refractivity (Wildman–Crippen MR) is 66.0 cm³/mol. The van der Waals surface area contributed by atoms with E-state index >= 15 is 0 Å². The van der Waals surface area contributed by atoms with E-state index < -0.39 is 0 Å². The molecule has 94 valence electrons. The number of likely N-dealkylation sites (N-methyl/N-ethyl adjacent to an activating group) is 1. The first-order valence-corrected chi connectivity index (χ1v) is 6.10. The van der Waals surface area contributed by atoms with Gasteiger partial charge in [-0.3, -0.25) is 4.98 Å². The highest BCUT2D eigenvalue weighted by Gasteiger charge is 2.42. The molecule has 0 spiro atoms. The van der Waals surface area contributed by atoms with Crippen LogP contribution in [0.15, 0.2) is 18.5 Å². The van der Waals surface area contributed by atoms with Gasteiger partial charge in [0.25, 0.3) is 0 Å². The first kappa shape index (κ1) is 12.5. The highest BCUT2D eigenvalue weighted by atomic mass is 19.1. The molecule has 1 unspecified atom stereocenters. The van der Waals surface area contributed by atoms with Crippen LogP contribution in [0.2, 0.25) is 0 Å². The molecule has 2 rings (SSSR count). The molecule has 0 aliphatic heterocycles. The Bertz CT molecular complexity index is 386. The van der Waals surface area contributed by atoms with Crippen LogP contribution < -0.4 is 5.73 Å². The summed E-state index contributed by atoms with van der Waals surface area (Å²) in [6.45, 7) is 0. The lowest BCUT2D eigenvalue weighted by atomic mass is 9.83. The van der Waals surface area contributed by atoms with Crippen molar-refractivity contribution in [2.24, 2.45) is 5.73 Å². The molecule has 1 fully saturated rings. The van der Waals surface area contributed by atoms with Gasteiger partial charge in [-0.15, -0.1) is 0 Å². The van der Waals surface area contributed by atoms with E-state index in [4.69, 9.17) is 5.73 Å². The van der Waals surface area contributed by atoms with Crippen molar-refractivity contribution in [1.29, 1.82) is 0 Å². The third-order valence-electron chi connectivity index (χ3n) is 4.02. The van der Waals surface area contributed by atoms with Gasteiger partial charge in [-0.25, -0.2) is 4.39 Å². The molecule has 1 aliphatic carbocycles. The van der Waals surface area contributed by atoms with Crippen LogP contribution in [0.4, 0.5) is 4.39 Å². The predicted octanol–water partition coefficient (Wildman–Crippen LogP) is 2.09. The van der Waals surface area contributed by atoms with Crippen molar-refractivity contribution in [1.82, 2.24) is 9.88 Å². The van der Waals surface area contributed by atoms with E-state index in [0.29, 0.717) is 0 Å². The largest absolute Gasteiger partial charge is 0.322 e. The molecule has 0 radical (unpaired) electrons. The van der Waals surface area contributed by atoms with E-state index in [1.54, 1.807) is 6.20 Å². The van der Waals surface area contributed by atoms with Crippen molar-refractivity contribution in [2.75, 3.05) is 14.1 Å². The van der Waals surface area contributed by atoms with Gasteiger partial charge in [0.1, 0.15) is 5.82 Å². The average Bonchev–Trinajstić information content (AvgIpc) is 2.78. The van der Waals surface area contributed by atoms with Crippen molar-refractivity contribution in [3.8, 4) is 0 Å². The molecule has 2 N–H and O–H groups in total. The molecule has 3 nitrogen and oxygen atoms in total. The summed E-state index contributed by atoms with van der Waals surface area (Å²) in [6.07, 6.45) is 7.41. The minimum atomic E-state index is -0.315. The number of nitrogens with two attached hydrogens (primary N) is 1. The summed E-state index contributed by atoms with van der Waals surface area (Å²) in [5.74, 6) is -0.315. The van der Waals surface area contributed by atoms with Crippen LogP contribution in [0.25, 0.3) is 0 Å². The van der Waals surface area contributed by atoms with Crippen LogP contribution in [0.3, 0.4) is 0 Å². The molecule has 1 heterocycles. The van der Waals surface area contributed by atoms with Crippen LogP contribution in [0.5, 0.6) is 0 Å². The topological polar surface area (TPSA) is 42.1 Å². The molecule has 1 saturated carbocycles. The van der Waals surface area contributed by atoms with Gasteiger partial charge in [0.2, 0.25) is 0 Å². The van der Waals surface area contributed by atoms with E-state index in [2.05, 4.69) is 24.0 Å². The second-order valence-corrected chi connectivity index (χ2v) is 5.12. The van der Waals surface area contributed by atoms with Gasteiger partial charge in [-0.05, 0) is 38.6 Å². The lowest BCUT2D eigenvalue weighted by Gasteiger charge is -2.41. The number of nitrogens with zero attached hydrogens (tertiary/aromatic N) is 2. The SMILES string of the molecule is CN(C)C1(C(N)c2cncc(F)c2)CCCC1. The monoisotopic (exact) mass is 237 g/mol. The molecule has 0 amide bonds. The minimum absolute atomic E-state index is 0.0462. The molecule has 0 saturated heterocycles. The lowest BCUT2D eigenvalue weighted by molar-refractivity contribution is 0.123. The molecule has 17 heavy (non-hydrogen) atoms. The average molecular weight is 237 g/mol. The number of halogens is 1. The zero-order valence-electron chi connectivity index (χ0n) is 10.5. The van der Waals surface area contributed by atoms with Crippen LogP contribution in [-0.4, -0.2) is 29.5 Å². The maximum atomic E-state index is 13.2. The van der Waals surface area contributed by atoms with Gasteiger partial charge in [0, 0.05) is 17.8 Å². The molecule has 1 atom stereocenters. The molecule has 4 heteroatoms. The maximum Gasteiger partial charge on any atom is 0.141 e. The molecular formula is C13H20FN3. The van der Waals surface area contributed by atoms with Crippen LogP contribution >= 0.6 is 0 Å². The van der Waals surface area contributed by atoms with Crippen molar-refractivity contribution < 1.29 is 4.39 Å². The summed E-state index contributed by atoms with van der Waals surface area (Å²) in [5.41, 5.74) is 7.10. The van der Waals surface area contributed by atoms with E-state index in [0.717, 1.165) is 18.4 Å². The van der Waals surface area contributed by atoms with E-state index in [9.17, 15) is 4.39 Å². The van der Waals surface area contributed by atoms with Gasteiger partial charge in [0.05, 0.1) is 6.20 Å². The van der Waals surface area contributed by atoms with Crippen molar-refractivity contribution in [2.45, 2.75) is 37.3 Å². The molecule has 1 aromatic heterocycles. The summed E-state index contributed by atoms with van der Waals surface area (Å²) >= 11 is 0. The number of hydrogen-bond donors (Lipinski definition) is 1. The summed E-state index contributed by atoms with van der Waals surface area (Å²) in [5, 5.41) is 0. The van der Waals surface area contributed by atoms with Gasteiger partial charge < -0.3 is 10.6 Å². The van der Waals surface area contributed by atoms with Gasteiger partial charge in [-0.1, -0.05) is 12.8 Å². The van der Waals surface area contributed by atoms with Crippen molar-refractivity contribution in [3.05, 3.63) is 29.8 Å². The quantitative estimate of drug-likeness (QED) is 0.875. The molecule has 1 aliphatic rings. The Hall–Kier alpha value is -1.00. The summed E-state index contributed by atoms with van der Waals surface area (Å²) < 4.78 is 13.2. The van der Waals surface area contributed by atoms with E-state index in [1.807, 2.05) is 0 Å². The maximum absolute atomic E-state index is 13.2. The molecule has 0 bridgehead atoms. The van der Waals surface area contributed by atoms with Gasteiger partial charge in [0.15, 0.2) is 0 Å². The van der Waals surface area contributed by atoms with Crippen LogP contribution in [-0.2, 0) is 0 Å². The Kier molecular flexibility index (Phi) is 3.45. The van der Waals surface area contributed by atoms with Crippen molar-refractivity contribution in [3.63, 3.8) is 0 Å². The normalized spacial score (nSPS) is 20.8. The Morgan fingerprint density at radius 3 is 2.53 bits per heavy atom. The first-order valence-electron chi connectivity index (χ1n) is 6.10. The number of aromatic nitrogens is 1. The fraction of sp³-hybridized carbons (Fsp3) is 0.615. The first-order chi connectivity index (χ1) is 8.06. The number of hydrogen-bond acceptors (Lipinski definition) is 3. The van der Waals surface area contributed by atoms with Crippen LogP contribution in [0, 0.1) is 5.82 Å². The smallest absolute Gasteiger partial charge is 0.141 e. The van der Waals surface area contributed by atoms with Gasteiger partial charge >= 0.3 is 0 Å². The van der Waals surface area contributed by atoms with Crippen molar-refractivity contribution >= 4 is 0 Å². The Labute approximate surface area is 102 Å². The number of pyridine rings is 1. The molecule has 1 aromatic rings. The minimum Gasteiger partial charge on any atom is -0.322 e. The highest BCUT2D eigenvalue weighted by molar-refractivity contribution is 5.21. The second kappa shape index (κ2) is 4.70. The lowest BCUT2D eigenvalue weighted by Crippen LogP contribution is -2.50. The van der Waals surface area contributed by atoms with Crippen LogP contribution in [0.1, 0.15) is 37.3 Å². The summed E-state index contributed by atoms with van der Waals surface area (Å²) in [4.78, 5) is 6.08. The summed E-state index contributed by atoms with van der Waals surface area (Å²) in [6, 6.07) is 1.32. The Morgan fingerprint density at radius 2 is 2.00 bits per heavy atom. The fourth-order valence-corrected chi connectivity index (χ4v) is 2.93. The third-order valence-corrected chi connectivity index (χ3v) is 4.02. The standard InChI is InChI=1S/C13H20FN3/c1-17(2)13(5-3-4-6-13)12(15)10-7-11(14)9-16-8-10/h7-9,12H,3-6,15H2,1-2H3.